The first-order valence-electron chi connectivity index (χ1n) is 20.8. The number of nitrogens with zero attached hydrogens (tertiary/aromatic N) is 1. The van der Waals surface area contributed by atoms with E-state index in [0.29, 0.717) is 0 Å². The molecule has 0 atom stereocenters. The summed E-state index contributed by atoms with van der Waals surface area (Å²) in [6, 6.07) is 63.3. The maximum atomic E-state index is 6.73. The van der Waals surface area contributed by atoms with Gasteiger partial charge in [-0.1, -0.05) is 149 Å². The maximum Gasteiger partial charge on any atom is 0.159 e. The molecule has 2 heterocycles. The number of hydrogen-bond acceptors (Lipinski definition) is 3. The molecule has 0 unspecified atom stereocenters. The van der Waals surface area contributed by atoms with Gasteiger partial charge in [-0.15, -0.1) is 0 Å². The Bertz CT molecular complexity index is 3220. The largest absolute Gasteiger partial charge is 0.456 e. The van der Waals surface area contributed by atoms with Crippen LogP contribution in [0, 0.1) is 0 Å². The van der Waals surface area contributed by atoms with Crippen molar-refractivity contribution in [2.75, 3.05) is 4.90 Å². The van der Waals surface area contributed by atoms with Crippen LogP contribution in [0.3, 0.4) is 0 Å². The van der Waals surface area contributed by atoms with E-state index >= 15 is 0 Å². The third-order valence-corrected chi connectivity index (χ3v) is 13.0. The van der Waals surface area contributed by atoms with E-state index in [-0.39, 0.29) is 10.8 Å². The molecule has 2 aromatic heterocycles. The van der Waals surface area contributed by atoms with Gasteiger partial charge in [-0.05, 0) is 117 Å². The molecule has 0 fully saturated rings. The lowest BCUT2D eigenvalue weighted by atomic mass is 9.63. The SMILES string of the molecule is CC1(C)CCC(C)(C)c2cc3c(cc21)oc1ccc(-c2cccc(N(c4ccccc4-c4ccc(-c5ccccc5)cc4)c4cccc5c4oc4ccccc45)c2)cc13. The van der Waals surface area contributed by atoms with Crippen molar-refractivity contribution >= 4 is 60.9 Å². The van der Waals surface area contributed by atoms with E-state index < -0.39 is 0 Å². The zero-order valence-corrected chi connectivity index (χ0v) is 33.9. The van der Waals surface area contributed by atoms with Gasteiger partial charge >= 0.3 is 0 Å². The average molecular weight is 764 g/mol. The molecule has 3 nitrogen and oxygen atoms in total. The van der Waals surface area contributed by atoms with Crippen molar-refractivity contribution in [1.82, 2.24) is 0 Å². The third kappa shape index (κ3) is 5.87. The second-order valence-electron chi connectivity index (χ2n) is 17.6. The second-order valence-corrected chi connectivity index (χ2v) is 17.6. The molecular formula is C56H45NO2. The fourth-order valence-corrected chi connectivity index (χ4v) is 9.54. The summed E-state index contributed by atoms with van der Waals surface area (Å²) in [4.78, 5) is 2.37. The van der Waals surface area contributed by atoms with Crippen molar-refractivity contribution < 1.29 is 8.83 Å². The van der Waals surface area contributed by atoms with Gasteiger partial charge in [0.1, 0.15) is 16.7 Å². The predicted molar refractivity (Wildman–Crippen MR) is 247 cm³/mol. The zero-order chi connectivity index (χ0) is 39.9. The highest BCUT2D eigenvalue weighted by Crippen LogP contribution is 2.49. The van der Waals surface area contributed by atoms with Gasteiger partial charge in [0.15, 0.2) is 5.58 Å². The molecule has 0 radical (unpaired) electrons. The van der Waals surface area contributed by atoms with Crippen molar-refractivity contribution in [2.45, 2.75) is 51.4 Å². The molecule has 0 bridgehead atoms. The lowest BCUT2D eigenvalue weighted by Crippen LogP contribution is -2.33. The second kappa shape index (κ2) is 13.4. The Morgan fingerprint density at radius 1 is 0.390 bits per heavy atom. The average Bonchev–Trinajstić information content (AvgIpc) is 3.84. The van der Waals surface area contributed by atoms with Crippen LogP contribution < -0.4 is 4.90 Å². The molecule has 0 N–H and O–H groups in total. The molecular weight excluding hydrogens is 719 g/mol. The smallest absolute Gasteiger partial charge is 0.159 e. The highest BCUT2D eigenvalue weighted by Gasteiger charge is 2.37. The molecule has 1 aliphatic carbocycles. The number of fused-ring (bicyclic) bond motifs is 7. The molecule has 0 saturated carbocycles. The normalized spacial score (nSPS) is 14.6. The monoisotopic (exact) mass is 763 g/mol. The molecule has 286 valence electrons. The zero-order valence-electron chi connectivity index (χ0n) is 33.9. The fourth-order valence-electron chi connectivity index (χ4n) is 9.54. The van der Waals surface area contributed by atoms with E-state index in [9.17, 15) is 0 Å². The Morgan fingerprint density at radius 3 is 1.80 bits per heavy atom. The van der Waals surface area contributed by atoms with Crippen LogP contribution in [-0.4, -0.2) is 0 Å². The van der Waals surface area contributed by atoms with Crippen LogP contribution in [0.25, 0.3) is 77.3 Å². The molecule has 8 aromatic carbocycles. The molecule has 0 amide bonds. The Labute approximate surface area is 345 Å². The molecule has 0 saturated heterocycles. The summed E-state index contributed by atoms with van der Waals surface area (Å²) in [5, 5.41) is 4.54. The first-order valence-corrected chi connectivity index (χ1v) is 20.8. The molecule has 0 aliphatic heterocycles. The summed E-state index contributed by atoms with van der Waals surface area (Å²) >= 11 is 0. The Morgan fingerprint density at radius 2 is 0.966 bits per heavy atom. The molecule has 0 spiro atoms. The van der Waals surface area contributed by atoms with Crippen LogP contribution in [0.15, 0.2) is 185 Å². The fraction of sp³-hybridized carbons (Fsp3) is 0.143. The summed E-state index contributed by atoms with van der Waals surface area (Å²) < 4.78 is 13.3. The van der Waals surface area contributed by atoms with Gasteiger partial charge in [-0.3, -0.25) is 0 Å². The molecule has 59 heavy (non-hydrogen) atoms. The topological polar surface area (TPSA) is 29.5 Å². The highest BCUT2D eigenvalue weighted by atomic mass is 16.3. The number of hydrogen-bond donors (Lipinski definition) is 0. The quantitative estimate of drug-likeness (QED) is 0.169. The minimum atomic E-state index is 0.112. The van der Waals surface area contributed by atoms with Crippen molar-refractivity contribution in [3.8, 4) is 33.4 Å². The lowest BCUT2D eigenvalue weighted by Gasteiger charge is -2.41. The number of benzene rings is 8. The number of rotatable bonds is 6. The standard InChI is InChI=1S/C56H45NO2/c1-55(2)30-31-56(3,4)48-35-53-46(34-47(48)55)45-33-40(28-29-52(45)58-53)39-16-12-17-41(32-39)57(50-22-13-20-44-43-19-9-11-23-51(43)59-54(44)50)49-21-10-8-18-42(49)38-26-24-37(25-27-38)36-14-6-5-7-15-36/h5-29,32-35H,30-31H2,1-4H3. The van der Waals surface area contributed by atoms with Gasteiger partial charge in [0.25, 0.3) is 0 Å². The van der Waals surface area contributed by atoms with Crippen LogP contribution in [0.5, 0.6) is 0 Å². The van der Waals surface area contributed by atoms with Gasteiger partial charge in [-0.25, -0.2) is 0 Å². The Hall–Kier alpha value is -6.84. The minimum Gasteiger partial charge on any atom is -0.456 e. The summed E-state index contributed by atoms with van der Waals surface area (Å²) in [5.74, 6) is 0. The first-order chi connectivity index (χ1) is 28.7. The molecule has 11 rings (SSSR count). The third-order valence-electron chi connectivity index (χ3n) is 13.0. The van der Waals surface area contributed by atoms with Gasteiger partial charge in [0, 0.05) is 32.8 Å². The van der Waals surface area contributed by atoms with Gasteiger partial charge in [0.2, 0.25) is 0 Å². The first kappa shape index (κ1) is 35.3. The molecule has 3 heteroatoms. The van der Waals surface area contributed by atoms with E-state index in [1.807, 2.05) is 6.07 Å². The van der Waals surface area contributed by atoms with E-state index in [1.165, 1.54) is 40.5 Å². The van der Waals surface area contributed by atoms with Crippen LogP contribution in [0.2, 0.25) is 0 Å². The number of furan rings is 2. The van der Waals surface area contributed by atoms with Gasteiger partial charge in [0.05, 0.1) is 11.4 Å². The van der Waals surface area contributed by atoms with Crippen LogP contribution in [0.4, 0.5) is 17.1 Å². The summed E-state index contributed by atoms with van der Waals surface area (Å²) in [6.45, 7) is 9.53. The molecule has 10 aromatic rings. The van der Waals surface area contributed by atoms with Crippen molar-refractivity contribution in [2.24, 2.45) is 0 Å². The van der Waals surface area contributed by atoms with Crippen molar-refractivity contribution in [3.63, 3.8) is 0 Å². The van der Waals surface area contributed by atoms with E-state index in [1.54, 1.807) is 0 Å². The van der Waals surface area contributed by atoms with E-state index in [0.717, 1.165) is 77.8 Å². The van der Waals surface area contributed by atoms with Gasteiger partial charge in [-0.2, -0.15) is 0 Å². The number of para-hydroxylation sites is 3. The van der Waals surface area contributed by atoms with Gasteiger partial charge < -0.3 is 13.7 Å². The van der Waals surface area contributed by atoms with E-state index in [4.69, 9.17) is 8.83 Å². The van der Waals surface area contributed by atoms with Crippen molar-refractivity contribution in [1.29, 1.82) is 0 Å². The minimum absolute atomic E-state index is 0.112. The van der Waals surface area contributed by atoms with E-state index in [2.05, 4.69) is 202 Å². The van der Waals surface area contributed by atoms with Crippen LogP contribution in [-0.2, 0) is 10.8 Å². The lowest BCUT2D eigenvalue weighted by molar-refractivity contribution is 0.332. The summed E-state index contributed by atoms with van der Waals surface area (Å²) in [6.07, 6.45) is 2.35. The Kier molecular flexibility index (Phi) is 8.00. The molecule has 1 aliphatic rings. The predicted octanol–water partition coefficient (Wildman–Crippen LogP) is 16.3. The summed E-state index contributed by atoms with van der Waals surface area (Å²) in [7, 11) is 0. The van der Waals surface area contributed by atoms with Crippen LogP contribution >= 0.6 is 0 Å². The van der Waals surface area contributed by atoms with Crippen molar-refractivity contribution in [3.05, 3.63) is 187 Å². The highest BCUT2D eigenvalue weighted by molar-refractivity contribution is 6.11. The Balaban J connectivity index is 1.08. The number of anilines is 3. The van der Waals surface area contributed by atoms with Crippen LogP contribution in [0.1, 0.15) is 51.7 Å². The maximum absolute atomic E-state index is 6.73. The summed E-state index contributed by atoms with van der Waals surface area (Å²) in [5.41, 5.74) is 16.7.